The molecular formula is C28H28N4O3. The molecule has 1 amide bonds. The SMILES string of the molecule is O=C(C1COc2ccccc2O1)N1CCN(Cc2nc3ccccc3n2Cc2ccccc2)CC1. The standard InChI is InChI=1S/C28H28N4O3/c33-28(26-20-34-24-12-6-7-13-25(24)35-26)31-16-14-30(15-17-31)19-27-29-22-10-4-5-11-23(22)32(27)18-21-8-2-1-3-9-21/h1-13,26H,14-20H2. The average molecular weight is 469 g/mol. The van der Waals surface area contributed by atoms with Crippen LogP contribution in [0.2, 0.25) is 0 Å². The van der Waals surface area contributed by atoms with Crippen LogP contribution in [-0.2, 0) is 17.9 Å². The number of ether oxygens (including phenoxy) is 2. The summed E-state index contributed by atoms with van der Waals surface area (Å²) in [6.07, 6.45) is -0.591. The molecule has 0 N–H and O–H groups in total. The zero-order chi connectivity index (χ0) is 23.6. The molecule has 0 spiro atoms. The zero-order valence-corrected chi connectivity index (χ0v) is 19.5. The number of piperazine rings is 1. The summed E-state index contributed by atoms with van der Waals surface area (Å²) in [5.41, 5.74) is 3.42. The fourth-order valence-corrected chi connectivity index (χ4v) is 4.86. The molecule has 1 unspecified atom stereocenters. The van der Waals surface area contributed by atoms with E-state index in [2.05, 4.69) is 51.9 Å². The number of amides is 1. The number of imidazole rings is 1. The van der Waals surface area contributed by atoms with Crippen LogP contribution in [0, 0.1) is 0 Å². The quantitative estimate of drug-likeness (QED) is 0.448. The van der Waals surface area contributed by atoms with Crippen molar-refractivity contribution in [2.45, 2.75) is 19.2 Å². The van der Waals surface area contributed by atoms with Crippen LogP contribution >= 0.6 is 0 Å². The van der Waals surface area contributed by atoms with Gasteiger partial charge in [-0.1, -0.05) is 54.6 Å². The molecule has 1 atom stereocenters. The molecule has 178 valence electrons. The normalized spacial score (nSPS) is 18.1. The number of carbonyl (C=O) groups is 1. The first-order valence-electron chi connectivity index (χ1n) is 12.1. The molecule has 0 saturated carbocycles. The maximum absolute atomic E-state index is 13.1. The van der Waals surface area contributed by atoms with E-state index in [1.165, 1.54) is 5.56 Å². The largest absolute Gasteiger partial charge is 0.485 e. The van der Waals surface area contributed by atoms with Gasteiger partial charge in [0.2, 0.25) is 6.10 Å². The minimum atomic E-state index is -0.591. The Bertz CT molecular complexity index is 1330. The third-order valence-electron chi connectivity index (χ3n) is 6.75. The molecule has 1 saturated heterocycles. The van der Waals surface area contributed by atoms with Gasteiger partial charge in [0.05, 0.1) is 17.6 Å². The summed E-state index contributed by atoms with van der Waals surface area (Å²) >= 11 is 0. The molecule has 2 aliphatic heterocycles. The van der Waals surface area contributed by atoms with Crippen LogP contribution in [0.5, 0.6) is 11.5 Å². The summed E-state index contributed by atoms with van der Waals surface area (Å²) in [4.78, 5) is 22.3. The van der Waals surface area contributed by atoms with Crippen molar-refractivity contribution in [2.75, 3.05) is 32.8 Å². The second kappa shape index (κ2) is 9.43. The van der Waals surface area contributed by atoms with Gasteiger partial charge in [-0.15, -0.1) is 0 Å². The number of aromatic nitrogens is 2. The van der Waals surface area contributed by atoms with E-state index >= 15 is 0 Å². The van der Waals surface area contributed by atoms with E-state index in [4.69, 9.17) is 14.5 Å². The minimum absolute atomic E-state index is 0.00420. The van der Waals surface area contributed by atoms with Crippen LogP contribution in [0.1, 0.15) is 11.4 Å². The predicted octanol–water partition coefficient (Wildman–Crippen LogP) is 3.57. The first-order valence-corrected chi connectivity index (χ1v) is 12.1. The fraction of sp³-hybridized carbons (Fsp3) is 0.286. The number of para-hydroxylation sites is 4. The highest BCUT2D eigenvalue weighted by atomic mass is 16.6. The molecule has 1 fully saturated rings. The third kappa shape index (κ3) is 4.47. The fourth-order valence-electron chi connectivity index (χ4n) is 4.86. The van der Waals surface area contributed by atoms with Crippen LogP contribution < -0.4 is 9.47 Å². The Morgan fingerprint density at radius 1 is 0.829 bits per heavy atom. The Kier molecular flexibility index (Phi) is 5.84. The summed E-state index contributed by atoms with van der Waals surface area (Å²) in [6.45, 7) is 4.71. The lowest BCUT2D eigenvalue weighted by atomic mass is 10.2. The van der Waals surface area contributed by atoms with Crippen LogP contribution in [0.4, 0.5) is 0 Å². The summed E-state index contributed by atoms with van der Waals surface area (Å²) in [6, 6.07) is 26.3. The van der Waals surface area contributed by atoms with Gasteiger partial charge < -0.3 is 18.9 Å². The molecule has 2 aliphatic rings. The number of benzene rings is 3. The number of carbonyl (C=O) groups excluding carboxylic acids is 1. The van der Waals surface area contributed by atoms with Gasteiger partial charge in [0.25, 0.3) is 5.91 Å². The Morgan fingerprint density at radius 3 is 2.37 bits per heavy atom. The van der Waals surface area contributed by atoms with Gasteiger partial charge in [-0.2, -0.15) is 0 Å². The Hall–Kier alpha value is -3.84. The van der Waals surface area contributed by atoms with Crippen molar-refractivity contribution in [3.05, 3.63) is 90.3 Å². The molecule has 4 aromatic rings. The van der Waals surface area contributed by atoms with Crippen LogP contribution in [0.3, 0.4) is 0 Å². The smallest absolute Gasteiger partial charge is 0.267 e. The summed E-state index contributed by atoms with van der Waals surface area (Å²) < 4.78 is 14.0. The Balaban J connectivity index is 1.12. The van der Waals surface area contributed by atoms with E-state index in [0.29, 0.717) is 24.6 Å². The molecule has 1 aromatic heterocycles. The lowest BCUT2D eigenvalue weighted by molar-refractivity contribution is -0.143. The van der Waals surface area contributed by atoms with Crippen LogP contribution in [0.25, 0.3) is 11.0 Å². The van der Waals surface area contributed by atoms with Gasteiger partial charge in [-0.25, -0.2) is 4.98 Å². The summed E-state index contributed by atoms with van der Waals surface area (Å²) in [5, 5.41) is 0. The van der Waals surface area contributed by atoms with Crippen molar-refractivity contribution >= 4 is 16.9 Å². The zero-order valence-electron chi connectivity index (χ0n) is 19.5. The summed E-state index contributed by atoms with van der Waals surface area (Å²) in [5.74, 6) is 2.37. The van der Waals surface area contributed by atoms with Gasteiger partial charge >= 0.3 is 0 Å². The highest BCUT2D eigenvalue weighted by molar-refractivity contribution is 5.82. The topological polar surface area (TPSA) is 59.8 Å². The van der Waals surface area contributed by atoms with Crippen LogP contribution in [-0.4, -0.2) is 64.1 Å². The monoisotopic (exact) mass is 468 g/mol. The average Bonchev–Trinajstić information content (AvgIpc) is 3.25. The van der Waals surface area contributed by atoms with Gasteiger partial charge in [0, 0.05) is 32.7 Å². The third-order valence-corrected chi connectivity index (χ3v) is 6.75. The molecule has 7 nitrogen and oxygen atoms in total. The first-order chi connectivity index (χ1) is 17.2. The van der Waals surface area contributed by atoms with Gasteiger partial charge in [-0.05, 0) is 29.8 Å². The van der Waals surface area contributed by atoms with Crippen molar-refractivity contribution in [1.29, 1.82) is 0 Å². The van der Waals surface area contributed by atoms with E-state index in [1.807, 2.05) is 41.3 Å². The second-order valence-electron chi connectivity index (χ2n) is 9.05. The molecule has 3 heterocycles. The first kappa shape index (κ1) is 21.7. The molecule has 35 heavy (non-hydrogen) atoms. The number of fused-ring (bicyclic) bond motifs is 2. The molecule has 7 heteroatoms. The lowest BCUT2D eigenvalue weighted by Gasteiger charge is -2.37. The number of rotatable bonds is 5. The van der Waals surface area contributed by atoms with Gasteiger partial charge in [0.15, 0.2) is 11.5 Å². The van der Waals surface area contributed by atoms with Crippen LogP contribution in [0.15, 0.2) is 78.9 Å². The minimum Gasteiger partial charge on any atom is -0.485 e. The Labute approximate surface area is 204 Å². The molecule has 0 radical (unpaired) electrons. The molecule has 6 rings (SSSR count). The maximum atomic E-state index is 13.1. The second-order valence-corrected chi connectivity index (χ2v) is 9.05. The number of hydrogen-bond donors (Lipinski definition) is 0. The van der Waals surface area contributed by atoms with Crippen molar-refractivity contribution in [1.82, 2.24) is 19.4 Å². The van der Waals surface area contributed by atoms with E-state index < -0.39 is 6.10 Å². The van der Waals surface area contributed by atoms with Crippen molar-refractivity contribution in [3.63, 3.8) is 0 Å². The van der Waals surface area contributed by atoms with E-state index in [1.54, 1.807) is 0 Å². The van der Waals surface area contributed by atoms with Crippen molar-refractivity contribution in [2.24, 2.45) is 0 Å². The van der Waals surface area contributed by atoms with Crippen molar-refractivity contribution < 1.29 is 14.3 Å². The lowest BCUT2D eigenvalue weighted by Crippen LogP contribution is -2.53. The van der Waals surface area contributed by atoms with Gasteiger partial charge in [0.1, 0.15) is 12.4 Å². The number of hydrogen-bond acceptors (Lipinski definition) is 5. The van der Waals surface area contributed by atoms with E-state index in [9.17, 15) is 4.79 Å². The molecule has 0 bridgehead atoms. The van der Waals surface area contributed by atoms with E-state index in [-0.39, 0.29) is 12.5 Å². The molecule has 0 aliphatic carbocycles. The highest BCUT2D eigenvalue weighted by Crippen LogP contribution is 2.31. The van der Waals surface area contributed by atoms with E-state index in [0.717, 1.165) is 43.0 Å². The van der Waals surface area contributed by atoms with Gasteiger partial charge in [-0.3, -0.25) is 9.69 Å². The summed E-state index contributed by atoms with van der Waals surface area (Å²) in [7, 11) is 0. The molecule has 3 aromatic carbocycles. The van der Waals surface area contributed by atoms with Crippen molar-refractivity contribution in [3.8, 4) is 11.5 Å². The number of nitrogens with zero attached hydrogens (tertiary/aromatic N) is 4. The maximum Gasteiger partial charge on any atom is 0.267 e. The molecular weight excluding hydrogens is 440 g/mol. The highest BCUT2D eigenvalue weighted by Gasteiger charge is 2.33. The predicted molar refractivity (Wildman–Crippen MR) is 133 cm³/mol. The Morgan fingerprint density at radius 2 is 1.54 bits per heavy atom.